The minimum atomic E-state index is -0.804. The van der Waals surface area contributed by atoms with Crippen LogP contribution in [0.5, 0.6) is 0 Å². The highest BCUT2D eigenvalue weighted by atomic mass is 16.6. The lowest BCUT2D eigenvalue weighted by molar-refractivity contribution is -0.132. The van der Waals surface area contributed by atoms with Gasteiger partial charge in [-0.05, 0) is 51.4 Å². The number of ether oxygens (including phenoxy) is 1. The summed E-state index contributed by atoms with van der Waals surface area (Å²) in [5.41, 5.74) is 0.445. The lowest BCUT2D eigenvalue weighted by Crippen LogP contribution is -2.41. The summed E-state index contributed by atoms with van der Waals surface area (Å²) >= 11 is 0. The topological polar surface area (TPSA) is 49.8 Å². The van der Waals surface area contributed by atoms with Gasteiger partial charge in [-0.15, -0.1) is 0 Å². The van der Waals surface area contributed by atoms with Gasteiger partial charge in [0.15, 0.2) is 0 Å². The molecular weight excluding hydrogens is 228 g/mol. The van der Waals surface area contributed by atoms with Crippen molar-refractivity contribution in [3.63, 3.8) is 0 Å². The average molecular weight is 250 g/mol. The molecule has 1 spiro atoms. The normalized spacial score (nSPS) is 50.6. The van der Waals surface area contributed by atoms with E-state index in [4.69, 9.17) is 9.84 Å². The molecule has 1 aliphatic heterocycles. The maximum atomic E-state index is 11.0. The first-order valence-corrected chi connectivity index (χ1v) is 7.02. The first kappa shape index (κ1) is 12.2. The Morgan fingerprint density at radius 1 is 1.39 bits per heavy atom. The van der Waals surface area contributed by atoms with Gasteiger partial charge < -0.3 is 9.84 Å². The van der Waals surface area contributed by atoms with Crippen LogP contribution in [0.15, 0.2) is 11.6 Å². The predicted octanol–water partition coefficient (Wildman–Crippen LogP) is 3.00. The van der Waals surface area contributed by atoms with Crippen molar-refractivity contribution in [2.75, 3.05) is 0 Å². The van der Waals surface area contributed by atoms with Crippen molar-refractivity contribution in [1.29, 1.82) is 0 Å². The van der Waals surface area contributed by atoms with E-state index in [2.05, 4.69) is 13.8 Å². The number of carbonyl (C=O) groups is 1. The molecule has 3 heteroatoms. The van der Waals surface area contributed by atoms with E-state index in [9.17, 15) is 4.79 Å². The first-order chi connectivity index (χ1) is 8.41. The van der Waals surface area contributed by atoms with Crippen LogP contribution in [0.4, 0.5) is 0 Å². The van der Waals surface area contributed by atoms with Crippen molar-refractivity contribution < 1.29 is 14.6 Å². The SMILES string of the molecule is C/C(=C\[C@H]1CC[C@H](C)[C@H]2CC[C@]3(C)O[C@@]213)C(=O)O. The fraction of sp³-hybridized carbons (Fsp3) is 0.800. The summed E-state index contributed by atoms with van der Waals surface area (Å²) in [6.45, 7) is 6.23. The summed E-state index contributed by atoms with van der Waals surface area (Å²) in [6, 6.07) is 0. The molecule has 3 nitrogen and oxygen atoms in total. The van der Waals surface area contributed by atoms with Crippen molar-refractivity contribution in [3.05, 3.63) is 11.6 Å². The summed E-state index contributed by atoms with van der Waals surface area (Å²) in [6.07, 6.45) is 6.60. The van der Waals surface area contributed by atoms with Gasteiger partial charge in [0.05, 0.1) is 5.60 Å². The largest absolute Gasteiger partial charge is 0.478 e. The van der Waals surface area contributed by atoms with E-state index in [1.807, 2.05) is 6.08 Å². The maximum absolute atomic E-state index is 11.0. The molecule has 3 rings (SSSR count). The van der Waals surface area contributed by atoms with Crippen molar-refractivity contribution in [2.45, 2.75) is 57.7 Å². The summed E-state index contributed by atoms with van der Waals surface area (Å²) in [7, 11) is 0. The third-order valence-corrected chi connectivity index (χ3v) is 5.62. The maximum Gasteiger partial charge on any atom is 0.330 e. The molecule has 0 amide bonds. The molecule has 1 heterocycles. The quantitative estimate of drug-likeness (QED) is 0.605. The van der Waals surface area contributed by atoms with Crippen LogP contribution in [0.3, 0.4) is 0 Å². The molecule has 3 fully saturated rings. The van der Waals surface area contributed by atoms with Crippen LogP contribution in [0.25, 0.3) is 0 Å². The van der Waals surface area contributed by atoms with Gasteiger partial charge in [-0.1, -0.05) is 13.0 Å². The van der Waals surface area contributed by atoms with Crippen LogP contribution < -0.4 is 0 Å². The number of hydrogen-bond acceptors (Lipinski definition) is 2. The van der Waals surface area contributed by atoms with E-state index in [0.29, 0.717) is 23.3 Å². The van der Waals surface area contributed by atoms with Crippen molar-refractivity contribution >= 4 is 5.97 Å². The highest BCUT2D eigenvalue weighted by Crippen LogP contribution is 2.70. The smallest absolute Gasteiger partial charge is 0.330 e. The Morgan fingerprint density at radius 3 is 2.72 bits per heavy atom. The molecule has 0 aromatic heterocycles. The Morgan fingerprint density at radius 2 is 2.11 bits per heavy atom. The van der Waals surface area contributed by atoms with Gasteiger partial charge in [-0.25, -0.2) is 4.79 Å². The molecule has 2 saturated carbocycles. The molecule has 3 aliphatic rings. The Kier molecular flexibility index (Phi) is 2.44. The minimum Gasteiger partial charge on any atom is -0.478 e. The fourth-order valence-corrected chi connectivity index (χ4v) is 4.60. The molecule has 0 aromatic rings. The van der Waals surface area contributed by atoms with Gasteiger partial charge >= 0.3 is 5.97 Å². The third-order valence-electron chi connectivity index (χ3n) is 5.62. The van der Waals surface area contributed by atoms with Crippen LogP contribution >= 0.6 is 0 Å². The zero-order chi connectivity index (χ0) is 13.1. The Balaban J connectivity index is 1.93. The summed E-state index contributed by atoms with van der Waals surface area (Å²) in [5.74, 6) is 0.826. The van der Waals surface area contributed by atoms with Crippen molar-refractivity contribution in [3.8, 4) is 0 Å². The molecule has 0 unspecified atom stereocenters. The molecule has 0 radical (unpaired) electrons. The van der Waals surface area contributed by atoms with Crippen LogP contribution in [0.2, 0.25) is 0 Å². The van der Waals surface area contributed by atoms with Gasteiger partial charge in [0.25, 0.3) is 0 Å². The molecular formula is C15H22O3. The fourth-order valence-electron chi connectivity index (χ4n) is 4.60. The highest BCUT2D eigenvalue weighted by molar-refractivity contribution is 5.85. The lowest BCUT2D eigenvalue weighted by Gasteiger charge is -2.37. The van der Waals surface area contributed by atoms with Crippen LogP contribution in [-0.4, -0.2) is 22.3 Å². The molecule has 0 aromatic carbocycles. The minimum absolute atomic E-state index is 0.0201. The van der Waals surface area contributed by atoms with Crippen molar-refractivity contribution in [2.24, 2.45) is 17.8 Å². The molecule has 1 saturated heterocycles. The molecule has 2 aliphatic carbocycles. The van der Waals surface area contributed by atoms with E-state index >= 15 is 0 Å². The van der Waals surface area contributed by atoms with Crippen LogP contribution in [0.1, 0.15) is 46.5 Å². The zero-order valence-electron chi connectivity index (χ0n) is 11.4. The average Bonchev–Trinajstić information content (AvgIpc) is 2.79. The number of aliphatic carboxylic acids is 1. The zero-order valence-corrected chi connectivity index (χ0v) is 11.4. The summed E-state index contributed by atoms with van der Waals surface area (Å²) < 4.78 is 6.16. The standard InChI is InChI=1S/C15H22O3/c1-9-4-5-11(8-10(2)13(16)17)15-12(9)6-7-14(15,3)18-15/h8-9,11-12H,4-7H2,1-3H3,(H,16,17)/b10-8+/t9-,11+,12+,14-,15+/m0/s1. The Labute approximate surface area is 108 Å². The number of rotatable bonds is 2. The van der Waals surface area contributed by atoms with E-state index in [1.165, 1.54) is 12.8 Å². The number of epoxide rings is 1. The summed E-state index contributed by atoms with van der Waals surface area (Å²) in [4.78, 5) is 11.0. The second-order valence-corrected chi connectivity index (χ2v) is 6.59. The van der Waals surface area contributed by atoms with Gasteiger partial charge in [-0.2, -0.15) is 0 Å². The number of carboxylic acids is 1. The van der Waals surface area contributed by atoms with E-state index in [1.54, 1.807) is 6.92 Å². The number of carboxylic acid groups (broad SMARTS) is 1. The van der Waals surface area contributed by atoms with Gasteiger partial charge in [0, 0.05) is 11.5 Å². The first-order valence-electron chi connectivity index (χ1n) is 7.02. The van der Waals surface area contributed by atoms with E-state index in [0.717, 1.165) is 12.8 Å². The predicted molar refractivity (Wildman–Crippen MR) is 68.2 cm³/mol. The van der Waals surface area contributed by atoms with Crippen LogP contribution in [-0.2, 0) is 9.53 Å². The third kappa shape index (κ3) is 1.37. The van der Waals surface area contributed by atoms with Gasteiger partial charge in [-0.3, -0.25) is 0 Å². The lowest BCUT2D eigenvalue weighted by atomic mass is 9.65. The van der Waals surface area contributed by atoms with E-state index in [-0.39, 0.29) is 11.2 Å². The monoisotopic (exact) mass is 250 g/mol. The molecule has 5 atom stereocenters. The molecule has 18 heavy (non-hydrogen) atoms. The van der Waals surface area contributed by atoms with Gasteiger partial charge in [0.1, 0.15) is 5.60 Å². The Bertz CT molecular complexity index is 427. The second kappa shape index (κ2) is 3.60. The second-order valence-electron chi connectivity index (χ2n) is 6.59. The molecule has 1 N–H and O–H groups in total. The molecule has 100 valence electrons. The van der Waals surface area contributed by atoms with Gasteiger partial charge in [0.2, 0.25) is 0 Å². The van der Waals surface area contributed by atoms with Crippen molar-refractivity contribution in [1.82, 2.24) is 0 Å². The highest BCUT2D eigenvalue weighted by Gasteiger charge is 2.77. The van der Waals surface area contributed by atoms with E-state index < -0.39 is 5.97 Å². The number of hydrogen-bond donors (Lipinski definition) is 1. The summed E-state index contributed by atoms with van der Waals surface area (Å²) in [5, 5.41) is 9.06. The molecule has 0 bridgehead atoms. The van der Waals surface area contributed by atoms with Crippen LogP contribution in [0, 0.1) is 17.8 Å². The Hall–Kier alpha value is -0.830.